The molecule has 0 saturated heterocycles. The van der Waals surface area contributed by atoms with Gasteiger partial charge in [-0.1, -0.05) is 12.1 Å². The summed E-state index contributed by atoms with van der Waals surface area (Å²) in [5.41, 5.74) is 2.50. The third kappa shape index (κ3) is 18.5. The number of ether oxygens (including phenoxy) is 7. The number of halogens is 4. The van der Waals surface area contributed by atoms with Gasteiger partial charge >= 0.3 is 6.36 Å². The molecule has 0 bridgehead atoms. The highest BCUT2D eigenvalue weighted by molar-refractivity contribution is 5.95. The van der Waals surface area contributed by atoms with Gasteiger partial charge in [0.1, 0.15) is 23.7 Å². The van der Waals surface area contributed by atoms with Gasteiger partial charge in [-0.25, -0.2) is 14.4 Å². The summed E-state index contributed by atoms with van der Waals surface area (Å²) in [4.78, 5) is 33.1. The van der Waals surface area contributed by atoms with Gasteiger partial charge in [-0.2, -0.15) is 0 Å². The first kappa shape index (κ1) is 44.5. The van der Waals surface area contributed by atoms with Crippen LogP contribution in [0, 0.1) is 5.82 Å². The number of hydrogen-bond acceptors (Lipinski definition) is 12. The van der Waals surface area contributed by atoms with Crippen molar-refractivity contribution in [3.05, 3.63) is 102 Å². The van der Waals surface area contributed by atoms with E-state index in [4.69, 9.17) is 28.4 Å². The lowest BCUT2D eigenvalue weighted by atomic mass is 10.1. The van der Waals surface area contributed by atoms with Crippen LogP contribution in [0.2, 0.25) is 0 Å². The van der Waals surface area contributed by atoms with Crippen molar-refractivity contribution in [2.45, 2.75) is 6.36 Å². The predicted molar refractivity (Wildman–Crippen MR) is 200 cm³/mol. The number of benzene rings is 3. The highest BCUT2D eigenvalue weighted by atomic mass is 19.4. The summed E-state index contributed by atoms with van der Waals surface area (Å²) < 4.78 is 86.9. The smallest absolute Gasteiger partial charge is 0.406 e. The van der Waals surface area contributed by atoms with E-state index in [9.17, 15) is 27.2 Å². The number of aromatic nitrogens is 2. The Bertz CT molecular complexity index is 1770. The molecule has 0 saturated carbocycles. The minimum absolute atomic E-state index is 0.287. The van der Waals surface area contributed by atoms with Crippen molar-refractivity contribution in [1.82, 2.24) is 20.6 Å². The normalized spacial score (nSPS) is 11.3. The molecule has 57 heavy (non-hydrogen) atoms. The molecule has 4 aromatic rings. The number of nitrogens with zero attached hydrogens (tertiary/aromatic N) is 2. The molecule has 0 fully saturated rings. The quantitative estimate of drug-likeness (QED) is 0.0536. The second-order valence-electron chi connectivity index (χ2n) is 11.8. The highest BCUT2D eigenvalue weighted by Gasteiger charge is 2.31. The van der Waals surface area contributed by atoms with Crippen molar-refractivity contribution in [3.8, 4) is 17.0 Å². The fourth-order valence-electron chi connectivity index (χ4n) is 4.77. The van der Waals surface area contributed by atoms with Gasteiger partial charge in [0, 0.05) is 41.5 Å². The van der Waals surface area contributed by atoms with Gasteiger partial charge in [0.15, 0.2) is 0 Å². The molecule has 0 aliphatic heterocycles. The van der Waals surface area contributed by atoms with Gasteiger partial charge in [0.2, 0.25) is 0 Å². The molecule has 18 heteroatoms. The lowest BCUT2D eigenvalue weighted by molar-refractivity contribution is -0.274. The van der Waals surface area contributed by atoms with E-state index in [0.717, 1.165) is 0 Å². The van der Waals surface area contributed by atoms with Gasteiger partial charge in [-0.3, -0.25) is 9.59 Å². The van der Waals surface area contributed by atoms with Crippen molar-refractivity contribution < 1.29 is 60.3 Å². The van der Waals surface area contributed by atoms with Crippen LogP contribution in [0.5, 0.6) is 5.75 Å². The highest BCUT2D eigenvalue weighted by Crippen LogP contribution is 2.26. The zero-order valence-corrected chi connectivity index (χ0v) is 31.1. The monoisotopic (exact) mass is 803 g/mol. The van der Waals surface area contributed by atoms with Crippen LogP contribution in [0.4, 0.5) is 29.1 Å². The Morgan fingerprint density at radius 1 is 0.579 bits per heavy atom. The van der Waals surface area contributed by atoms with E-state index in [0.29, 0.717) is 126 Å². The number of carbonyl (C=O) groups excluding carboxylic acids is 2. The van der Waals surface area contributed by atoms with Crippen LogP contribution in [0.1, 0.15) is 20.7 Å². The van der Waals surface area contributed by atoms with E-state index >= 15 is 0 Å². The molecule has 2 amide bonds. The fraction of sp³-hybridized carbons (Fsp3) is 0.385. The van der Waals surface area contributed by atoms with Crippen molar-refractivity contribution in [3.63, 3.8) is 0 Å². The molecule has 308 valence electrons. The van der Waals surface area contributed by atoms with Gasteiger partial charge in [0.05, 0.1) is 85.0 Å². The number of anilines is 2. The molecular formula is C39H45F4N5O9. The SMILES string of the molecule is O=C(NCCOCCOCCOCCOCCOCCOCCNC(=O)c1cccc(-c2cc(Nc3ccc(OC(F)(F)F)cc3)ncn2)c1)c1ccc(F)cc1. The number of alkyl halides is 3. The topological polar surface area (TPSA) is 161 Å². The molecule has 0 aliphatic rings. The minimum atomic E-state index is -4.78. The number of hydrogen-bond donors (Lipinski definition) is 3. The number of amides is 2. The van der Waals surface area contributed by atoms with Gasteiger partial charge < -0.3 is 49.1 Å². The van der Waals surface area contributed by atoms with Gasteiger partial charge in [0.25, 0.3) is 11.8 Å². The predicted octanol–water partition coefficient (Wildman–Crippen LogP) is 5.18. The molecule has 1 heterocycles. The molecular weight excluding hydrogens is 758 g/mol. The first-order valence-electron chi connectivity index (χ1n) is 18.0. The molecule has 3 aromatic carbocycles. The van der Waals surface area contributed by atoms with Crippen LogP contribution in [0.15, 0.2) is 85.2 Å². The zero-order valence-electron chi connectivity index (χ0n) is 31.1. The molecule has 4 rings (SSSR count). The lowest BCUT2D eigenvalue weighted by Gasteiger charge is -2.11. The molecule has 1 aromatic heterocycles. The van der Waals surface area contributed by atoms with Crippen LogP contribution < -0.4 is 20.7 Å². The molecule has 0 spiro atoms. The zero-order chi connectivity index (χ0) is 40.6. The van der Waals surface area contributed by atoms with E-state index < -0.39 is 12.2 Å². The van der Waals surface area contributed by atoms with Crippen molar-refractivity contribution in [1.29, 1.82) is 0 Å². The molecule has 0 atom stereocenters. The van der Waals surface area contributed by atoms with Crippen molar-refractivity contribution >= 4 is 23.3 Å². The molecule has 0 unspecified atom stereocenters. The van der Waals surface area contributed by atoms with E-state index in [1.54, 1.807) is 30.3 Å². The van der Waals surface area contributed by atoms with Crippen molar-refractivity contribution in [2.75, 3.05) is 97.7 Å². The van der Waals surface area contributed by atoms with Gasteiger partial charge in [-0.05, 0) is 60.7 Å². The van der Waals surface area contributed by atoms with Crippen LogP contribution in [-0.2, 0) is 28.4 Å². The van der Waals surface area contributed by atoms with Crippen LogP contribution >= 0.6 is 0 Å². The first-order valence-corrected chi connectivity index (χ1v) is 18.0. The molecule has 3 N–H and O–H groups in total. The summed E-state index contributed by atoms with van der Waals surface area (Å²) in [7, 11) is 0. The second kappa shape index (κ2) is 25.1. The Labute approximate surface area is 327 Å². The van der Waals surface area contributed by atoms with Gasteiger partial charge in [-0.15, -0.1) is 13.2 Å². The minimum Gasteiger partial charge on any atom is -0.406 e. The Balaban J connectivity index is 0.938. The Kier molecular flexibility index (Phi) is 19.6. The summed E-state index contributed by atoms with van der Waals surface area (Å²) in [5, 5.41) is 8.52. The third-order valence-corrected chi connectivity index (χ3v) is 7.48. The van der Waals surface area contributed by atoms with E-state index in [1.165, 1.54) is 54.9 Å². The average Bonchev–Trinajstić information content (AvgIpc) is 3.20. The average molecular weight is 804 g/mol. The summed E-state index contributed by atoms with van der Waals surface area (Å²) >= 11 is 0. The maximum absolute atomic E-state index is 12.9. The summed E-state index contributed by atoms with van der Waals surface area (Å²) in [6.07, 6.45) is -3.44. The molecule has 14 nitrogen and oxygen atoms in total. The largest absolute Gasteiger partial charge is 0.573 e. The van der Waals surface area contributed by atoms with E-state index in [-0.39, 0.29) is 17.6 Å². The van der Waals surface area contributed by atoms with Crippen LogP contribution in [0.25, 0.3) is 11.3 Å². The standard InChI is InChI=1S/C39H45F4N5O9/c40-32-6-4-29(5-7-32)37(49)44-12-14-51-16-18-53-20-22-55-24-25-56-23-21-54-19-17-52-15-13-45-38(50)31-3-1-2-30(26-31)35-27-36(47-28-46-35)48-33-8-10-34(11-9-33)57-39(41,42)43/h1-11,26-28H,12-25H2,(H,44,49)(H,45,50)(H,46,47,48). The Morgan fingerprint density at radius 2 is 1.09 bits per heavy atom. The number of rotatable bonds is 27. The molecule has 0 aliphatic carbocycles. The number of nitrogens with one attached hydrogen (secondary N) is 3. The Morgan fingerprint density at radius 3 is 1.61 bits per heavy atom. The van der Waals surface area contributed by atoms with E-state index in [1.807, 2.05) is 0 Å². The summed E-state index contributed by atoms with van der Waals surface area (Å²) in [5.74, 6) is -0.908. The fourth-order valence-corrected chi connectivity index (χ4v) is 4.77. The summed E-state index contributed by atoms with van der Waals surface area (Å²) in [6.45, 7) is 5.19. The maximum Gasteiger partial charge on any atom is 0.573 e. The summed E-state index contributed by atoms with van der Waals surface area (Å²) in [6, 6.07) is 19.1. The van der Waals surface area contributed by atoms with Crippen LogP contribution in [0.3, 0.4) is 0 Å². The maximum atomic E-state index is 12.9. The number of carbonyl (C=O) groups is 2. The van der Waals surface area contributed by atoms with Crippen molar-refractivity contribution in [2.24, 2.45) is 0 Å². The van der Waals surface area contributed by atoms with E-state index in [2.05, 4.69) is 30.7 Å². The third-order valence-electron chi connectivity index (χ3n) is 7.48. The Hall–Kier alpha value is -5.24. The lowest BCUT2D eigenvalue weighted by Crippen LogP contribution is -2.27. The first-order chi connectivity index (χ1) is 27.7. The second-order valence-corrected chi connectivity index (χ2v) is 11.8. The molecule has 0 radical (unpaired) electrons. The van der Waals surface area contributed by atoms with Crippen LogP contribution in [-0.4, -0.2) is 121 Å².